The van der Waals surface area contributed by atoms with Crippen LogP contribution >= 0.6 is 11.6 Å². The molecule has 1 saturated heterocycles. The lowest BCUT2D eigenvalue weighted by Gasteiger charge is -2.45. The van der Waals surface area contributed by atoms with E-state index in [1.807, 2.05) is 6.08 Å². The summed E-state index contributed by atoms with van der Waals surface area (Å²) in [5.74, 6) is -2.74. The standard InChI is InChI=1S/C33H31ClF4N8O5/c1-17-27(48)26(40-16-39-17)30(50)44-9-7-32(8-10-44)6-2-3-23-25(32)29(49)46-31(42-28(43-46)18-4-11-51-12-5-18)45(23)15-24(47)41-22-14-21(35)19(13-20(22)34)33(36,37)38/h4,13-14,16,48H,2-3,5-12,15H2,1H3,(H,41,47). The molecule has 2 aliphatic heterocycles. The molecule has 0 bridgehead atoms. The van der Waals surface area contributed by atoms with Crippen LogP contribution in [0.15, 0.2) is 29.3 Å². The van der Waals surface area contributed by atoms with Crippen LogP contribution in [0.5, 0.6) is 5.75 Å². The number of hydrogen-bond acceptors (Lipinski definition) is 9. The number of nitrogens with one attached hydrogen (secondary N) is 1. The van der Waals surface area contributed by atoms with E-state index in [4.69, 9.17) is 16.3 Å². The third kappa shape index (κ3) is 6.22. The van der Waals surface area contributed by atoms with Crippen LogP contribution in [0.2, 0.25) is 5.02 Å². The molecule has 3 aliphatic rings. The third-order valence-electron chi connectivity index (χ3n) is 9.86. The van der Waals surface area contributed by atoms with E-state index in [0.717, 1.165) is 10.1 Å². The van der Waals surface area contributed by atoms with Crippen LogP contribution in [0.3, 0.4) is 0 Å². The summed E-state index contributed by atoms with van der Waals surface area (Å²) in [5, 5.41) is 16.9. The van der Waals surface area contributed by atoms with Crippen LogP contribution in [0, 0.1) is 12.7 Å². The topological polar surface area (TPSA) is 157 Å². The highest BCUT2D eigenvalue weighted by Crippen LogP contribution is 2.44. The Hall–Kier alpha value is -4.90. The van der Waals surface area contributed by atoms with Gasteiger partial charge in [0.2, 0.25) is 11.7 Å². The largest absolute Gasteiger partial charge is 0.504 e. The van der Waals surface area contributed by atoms with Crippen LogP contribution in [0.4, 0.5) is 23.2 Å². The number of alkyl halides is 3. The first-order chi connectivity index (χ1) is 24.3. The van der Waals surface area contributed by atoms with Gasteiger partial charge in [0.05, 0.1) is 35.2 Å². The number of fused-ring (bicyclic) bond motifs is 3. The molecule has 5 heterocycles. The predicted octanol–water partition coefficient (Wildman–Crippen LogP) is 4.46. The smallest absolute Gasteiger partial charge is 0.419 e. The fourth-order valence-corrected chi connectivity index (χ4v) is 7.46. The normalized spacial score (nSPS) is 17.4. The first-order valence-corrected chi connectivity index (χ1v) is 16.6. The summed E-state index contributed by atoms with van der Waals surface area (Å²) in [6.07, 6.45) is 0.993. The number of aryl methyl sites for hydroxylation is 1. The fourth-order valence-electron chi connectivity index (χ4n) is 7.25. The van der Waals surface area contributed by atoms with Crippen LogP contribution in [0.1, 0.15) is 70.9 Å². The minimum Gasteiger partial charge on any atom is -0.504 e. The van der Waals surface area contributed by atoms with Crippen molar-refractivity contribution in [3.05, 3.63) is 79.8 Å². The summed E-state index contributed by atoms with van der Waals surface area (Å²) < 4.78 is 62.3. The molecule has 18 heteroatoms. The van der Waals surface area contributed by atoms with E-state index in [-0.39, 0.29) is 47.5 Å². The van der Waals surface area contributed by atoms with E-state index in [1.54, 1.807) is 16.4 Å². The molecule has 51 heavy (non-hydrogen) atoms. The number of aromatic hydroxyl groups is 1. The Labute approximate surface area is 291 Å². The van der Waals surface area contributed by atoms with Crippen LogP contribution in [-0.4, -0.2) is 77.3 Å². The molecule has 7 rings (SSSR count). The van der Waals surface area contributed by atoms with Gasteiger partial charge in [-0.3, -0.25) is 14.4 Å². The van der Waals surface area contributed by atoms with Crippen LogP contribution < -0.4 is 10.9 Å². The van der Waals surface area contributed by atoms with Gasteiger partial charge in [-0.2, -0.15) is 22.7 Å². The van der Waals surface area contributed by atoms with Gasteiger partial charge in [0, 0.05) is 29.8 Å². The zero-order valence-corrected chi connectivity index (χ0v) is 27.9. The maximum Gasteiger partial charge on any atom is 0.419 e. The average molecular weight is 731 g/mol. The number of ether oxygens (including phenoxy) is 1. The lowest BCUT2D eigenvalue weighted by Crippen LogP contribution is -2.50. The van der Waals surface area contributed by atoms with Gasteiger partial charge in [0.25, 0.3) is 11.5 Å². The number of piperidine rings is 1. The Morgan fingerprint density at radius 3 is 2.61 bits per heavy atom. The number of likely N-dealkylation sites (tertiary alicyclic amines) is 1. The van der Waals surface area contributed by atoms with Gasteiger partial charge in [-0.1, -0.05) is 17.7 Å². The number of aromatic nitrogens is 6. The summed E-state index contributed by atoms with van der Waals surface area (Å²) in [6.45, 7) is 2.40. The Bertz CT molecular complexity index is 2170. The Balaban J connectivity index is 1.26. The van der Waals surface area contributed by atoms with Crippen LogP contribution in [0.25, 0.3) is 11.4 Å². The van der Waals surface area contributed by atoms with Crippen LogP contribution in [-0.2, 0) is 34.1 Å². The lowest BCUT2D eigenvalue weighted by atomic mass is 9.66. The zero-order chi connectivity index (χ0) is 36.2. The zero-order valence-electron chi connectivity index (χ0n) is 27.2. The second-order valence-electron chi connectivity index (χ2n) is 12.9. The summed E-state index contributed by atoms with van der Waals surface area (Å²) in [5.41, 5.74) is -1.11. The lowest BCUT2D eigenvalue weighted by molar-refractivity contribution is -0.140. The Morgan fingerprint density at radius 1 is 1.14 bits per heavy atom. The molecule has 2 amide bonds. The van der Waals surface area contributed by atoms with Gasteiger partial charge in [0.15, 0.2) is 17.3 Å². The highest BCUT2D eigenvalue weighted by molar-refractivity contribution is 6.33. The molecule has 268 valence electrons. The maximum atomic E-state index is 14.4. The van der Waals surface area contributed by atoms with E-state index >= 15 is 0 Å². The van der Waals surface area contributed by atoms with E-state index in [9.17, 15) is 37.1 Å². The van der Waals surface area contributed by atoms with Gasteiger partial charge >= 0.3 is 6.18 Å². The summed E-state index contributed by atoms with van der Waals surface area (Å²) >= 11 is 6.04. The molecule has 0 atom stereocenters. The van der Waals surface area contributed by atoms with E-state index in [0.29, 0.717) is 75.1 Å². The molecule has 1 fully saturated rings. The fraction of sp³-hybridized carbons (Fsp3) is 0.424. The Morgan fingerprint density at radius 2 is 1.90 bits per heavy atom. The number of rotatable bonds is 5. The van der Waals surface area contributed by atoms with Gasteiger partial charge in [-0.25, -0.2) is 14.4 Å². The molecule has 1 spiro atoms. The monoisotopic (exact) mass is 730 g/mol. The number of halogens is 5. The average Bonchev–Trinajstić information content (AvgIpc) is 3.55. The maximum absolute atomic E-state index is 14.4. The highest BCUT2D eigenvalue weighted by atomic mass is 35.5. The van der Waals surface area contributed by atoms with Gasteiger partial charge in [-0.15, -0.1) is 5.10 Å². The van der Waals surface area contributed by atoms with E-state index in [2.05, 4.69) is 25.4 Å². The predicted molar refractivity (Wildman–Crippen MR) is 174 cm³/mol. The summed E-state index contributed by atoms with van der Waals surface area (Å²) in [7, 11) is 0. The van der Waals surface area contributed by atoms with Crippen molar-refractivity contribution in [1.82, 2.24) is 34.0 Å². The molecule has 0 saturated carbocycles. The van der Waals surface area contributed by atoms with Crippen molar-refractivity contribution in [1.29, 1.82) is 0 Å². The van der Waals surface area contributed by atoms with Crippen molar-refractivity contribution in [3.8, 4) is 5.75 Å². The molecule has 2 N–H and O–H groups in total. The van der Waals surface area contributed by atoms with E-state index < -0.39 is 51.9 Å². The molecule has 13 nitrogen and oxygen atoms in total. The van der Waals surface area contributed by atoms with Gasteiger partial charge < -0.3 is 24.6 Å². The third-order valence-corrected chi connectivity index (χ3v) is 10.2. The second-order valence-corrected chi connectivity index (χ2v) is 13.3. The second kappa shape index (κ2) is 13.0. The van der Waals surface area contributed by atoms with Crippen molar-refractivity contribution < 1.29 is 37.0 Å². The van der Waals surface area contributed by atoms with Crippen molar-refractivity contribution in [3.63, 3.8) is 0 Å². The van der Waals surface area contributed by atoms with Gasteiger partial charge in [0.1, 0.15) is 18.7 Å². The molecule has 0 radical (unpaired) electrons. The minimum atomic E-state index is -4.99. The minimum absolute atomic E-state index is 0.0836. The van der Waals surface area contributed by atoms with Crippen molar-refractivity contribution >= 4 is 40.5 Å². The SMILES string of the molecule is Cc1ncnc(C(=O)N2CCC3(CCCc4c3c(=O)n3nc(C5=CCOCC5)nc3n4CC(=O)Nc3cc(F)c(C(F)(F)F)cc3Cl)CC2)c1O. The van der Waals surface area contributed by atoms with Crippen molar-refractivity contribution in [2.24, 2.45) is 0 Å². The first kappa shape index (κ1) is 34.5. The molecular formula is C33H31ClF4N8O5. The molecule has 4 aromatic rings. The molecule has 0 unspecified atom stereocenters. The molecule has 1 aromatic carbocycles. The van der Waals surface area contributed by atoms with Crippen molar-refractivity contribution in [2.45, 2.75) is 63.6 Å². The highest BCUT2D eigenvalue weighted by Gasteiger charge is 2.45. The van der Waals surface area contributed by atoms with Crippen molar-refractivity contribution in [2.75, 3.05) is 31.6 Å². The molecule has 1 aliphatic carbocycles. The summed E-state index contributed by atoms with van der Waals surface area (Å²) in [6, 6.07) is 0.922. The number of nitrogens with zero attached hydrogens (tertiary/aromatic N) is 7. The first-order valence-electron chi connectivity index (χ1n) is 16.2. The number of anilines is 1. The molecule has 3 aromatic heterocycles. The van der Waals surface area contributed by atoms with E-state index in [1.165, 1.54) is 6.33 Å². The number of amides is 2. The number of carbonyl (C=O) groups is 2. The quantitative estimate of drug-likeness (QED) is 0.283. The Kier molecular flexibility index (Phi) is 8.81. The van der Waals surface area contributed by atoms with Gasteiger partial charge in [-0.05, 0) is 63.2 Å². The molecular weight excluding hydrogens is 700 g/mol. The number of hydrogen-bond donors (Lipinski definition) is 2. The number of benzene rings is 1. The summed E-state index contributed by atoms with van der Waals surface area (Å²) in [4.78, 5) is 55.5. The number of carbonyl (C=O) groups excluding carboxylic acids is 2.